The molecule has 2 aromatic carbocycles. The summed E-state index contributed by atoms with van der Waals surface area (Å²) in [5.41, 5.74) is -0.671. The monoisotopic (exact) mass is 398 g/mol. The zero-order valence-electron chi connectivity index (χ0n) is 14.1. The third kappa shape index (κ3) is 5.56. The molecule has 0 radical (unpaired) electrons. The second kappa shape index (κ2) is 8.69. The van der Waals surface area contributed by atoms with Gasteiger partial charge in [0.05, 0.1) is 4.90 Å². The molecule has 1 amide bonds. The molecule has 144 valence electrons. The van der Waals surface area contributed by atoms with Gasteiger partial charge in [0.1, 0.15) is 23.9 Å². The van der Waals surface area contributed by atoms with Crippen molar-refractivity contribution in [2.75, 3.05) is 11.9 Å². The summed E-state index contributed by atoms with van der Waals surface area (Å²) < 4.78 is 57.8. The number of benzene rings is 2. The minimum absolute atomic E-state index is 0.0429. The van der Waals surface area contributed by atoms with Gasteiger partial charge >= 0.3 is 5.97 Å². The fourth-order valence-corrected chi connectivity index (χ4v) is 2.96. The molecular weight excluding hydrogens is 382 g/mol. The van der Waals surface area contributed by atoms with Gasteiger partial charge in [0.15, 0.2) is 6.10 Å². The normalized spacial score (nSPS) is 12.3. The summed E-state index contributed by atoms with van der Waals surface area (Å²) in [4.78, 5) is 23.6. The van der Waals surface area contributed by atoms with Crippen LogP contribution in [-0.4, -0.2) is 32.9 Å². The highest BCUT2D eigenvalue weighted by molar-refractivity contribution is 7.89. The minimum atomic E-state index is -3.92. The van der Waals surface area contributed by atoms with Crippen molar-refractivity contribution in [2.45, 2.75) is 17.9 Å². The predicted molar refractivity (Wildman–Crippen MR) is 92.2 cm³/mol. The lowest BCUT2D eigenvalue weighted by atomic mass is 10.2. The maximum absolute atomic E-state index is 13.5. The van der Waals surface area contributed by atoms with Crippen molar-refractivity contribution >= 4 is 27.6 Å². The number of nitrogens with one attached hydrogen (secondary N) is 2. The van der Waals surface area contributed by atoms with Crippen LogP contribution in [0.1, 0.15) is 6.92 Å². The van der Waals surface area contributed by atoms with Crippen LogP contribution in [0.15, 0.2) is 53.4 Å². The summed E-state index contributed by atoms with van der Waals surface area (Å²) >= 11 is 0. The van der Waals surface area contributed by atoms with Gasteiger partial charge in [-0.1, -0.05) is 24.3 Å². The Morgan fingerprint density at radius 3 is 2.22 bits per heavy atom. The molecule has 2 rings (SSSR count). The Hall–Kier alpha value is -2.85. The number of anilines is 1. The molecule has 0 aliphatic carbocycles. The molecule has 0 fully saturated rings. The topological polar surface area (TPSA) is 102 Å². The Kier molecular flexibility index (Phi) is 6.59. The first kappa shape index (κ1) is 20.5. The minimum Gasteiger partial charge on any atom is -0.452 e. The van der Waals surface area contributed by atoms with E-state index < -0.39 is 51.9 Å². The van der Waals surface area contributed by atoms with Gasteiger partial charge in [0.2, 0.25) is 10.0 Å². The first-order valence-electron chi connectivity index (χ1n) is 7.70. The summed E-state index contributed by atoms with van der Waals surface area (Å²) in [5, 5.41) is 1.98. The molecule has 0 bridgehead atoms. The first-order chi connectivity index (χ1) is 12.7. The summed E-state index contributed by atoms with van der Waals surface area (Å²) in [7, 11) is -3.92. The number of esters is 1. The SMILES string of the molecule is C[C@@H](OC(=O)CNS(=O)(=O)c1ccccc1)C(=O)Nc1c(F)cccc1F. The maximum Gasteiger partial charge on any atom is 0.321 e. The van der Waals surface area contributed by atoms with Crippen LogP contribution in [0.5, 0.6) is 0 Å². The molecule has 0 aromatic heterocycles. The Bertz CT molecular complexity index is 915. The van der Waals surface area contributed by atoms with Gasteiger partial charge in [-0.3, -0.25) is 9.59 Å². The number of carbonyl (C=O) groups excluding carboxylic acids is 2. The van der Waals surface area contributed by atoms with Crippen molar-refractivity contribution in [2.24, 2.45) is 0 Å². The van der Waals surface area contributed by atoms with E-state index in [1.807, 2.05) is 10.0 Å². The van der Waals surface area contributed by atoms with E-state index in [2.05, 4.69) is 0 Å². The number of hydrogen-bond acceptors (Lipinski definition) is 5. The number of sulfonamides is 1. The van der Waals surface area contributed by atoms with Crippen molar-refractivity contribution in [3.05, 3.63) is 60.2 Å². The number of amides is 1. The Labute approximate surface area is 154 Å². The number of carbonyl (C=O) groups is 2. The lowest BCUT2D eigenvalue weighted by Gasteiger charge is -2.14. The van der Waals surface area contributed by atoms with Gasteiger partial charge in [0, 0.05) is 0 Å². The predicted octanol–water partition coefficient (Wildman–Crippen LogP) is 1.81. The average Bonchev–Trinajstić information content (AvgIpc) is 2.64. The molecule has 2 N–H and O–H groups in total. The van der Waals surface area contributed by atoms with Crippen molar-refractivity contribution in [1.82, 2.24) is 4.72 Å². The van der Waals surface area contributed by atoms with E-state index in [9.17, 15) is 26.8 Å². The number of halogens is 2. The van der Waals surface area contributed by atoms with Crippen LogP contribution in [0.2, 0.25) is 0 Å². The largest absolute Gasteiger partial charge is 0.452 e. The second-order valence-corrected chi connectivity index (χ2v) is 7.12. The van der Waals surface area contributed by atoms with E-state index in [0.717, 1.165) is 18.2 Å². The van der Waals surface area contributed by atoms with E-state index in [1.54, 1.807) is 6.07 Å². The molecule has 2 aromatic rings. The molecule has 0 saturated carbocycles. The Morgan fingerprint density at radius 2 is 1.63 bits per heavy atom. The third-order valence-corrected chi connectivity index (χ3v) is 4.77. The van der Waals surface area contributed by atoms with E-state index in [-0.39, 0.29) is 4.90 Å². The molecule has 0 aliphatic rings. The van der Waals surface area contributed by atoms with Gasteiger partial charge < -0.3 is 10.1 Å². The zero-order chi connectivity index (χ0) is 20.0. The number of para-hydroxylation sites is 1. The summed E-state index contributed by atoms with van der Waals surface area (Å²) in [6.07, 6.45) is -1.40. The van der Waals surface area contributed by atoms with Gasteiger partial charge in [-0.15, -0.1) is 0 Å². The Morgan fingerprint density at radius 1 is 1.04 bits per heavy atom. The molecule has 0 aliphatic heterocycles. The lowest BCUT2D eigenvalue weighted by Crippen LogP contribution is -2.36. The molecule has 0 heterocycles. The molecule has 0 saturated heterocycles. The van der Waals surface area contributed by atoms with Crippen LogP contribution in [0, 0.1) is 11.6 Å². The molecule has 10 heteroatoms. The van der Waals surface area contributed by atoms with Crippen LogP contribution in [0.4, 0.5) is 14.5 Å². The second-order valence-electron chi connectivity index (χ2n) is 5.36. The fourth-order valence-electron chi connectivity index (χ4n) is 1.97. The van der Waals surface area contributed by atoms with Crippen molar-refractivity contribution in [3.63, 3.8) is 0 Å². The van der Waals surface area contributed by atoms with Crippen molar-refractivity contribution in [1.29, 1.82) is 0 Å². The number of rotatable bonds is 7. The van der Waals surface area contributed by atoms with E-state index >= 15 is 0 Å². The van der Waals surface area contributed by atoms with Crippen LogP contribution in [0.25, 0.3) is 0 Å². The summed E-state index contributed by atoms with van der Waals surface area (Å²) in [6.45, 7) is 0.459. The van der Waals surface area contributed by atoms with Crippen molar-refractivity contribution in [3.8, 4) is 0 Å². The molecule has 7 nitrogen and oxygen atoms in total. The molecule has 27 heavy (non-hydrogen) atoms. The fraction of sp³-hybridized carbons (Fsp3) is 0.176. The molecule has 1 atom stereocenters. The van der Waals surface area contributed by atoms with E-state index in [0.29, 0.717) is 0 Å². The third-order valence-electron chi connectivity index (χ3n) is 3.35. The maximum atomic E-state index is 13.5. The number of ether oxygens (including phenoxy) is 1. The van der Waals surface area contributed by atoms with E-state index in [4.69, 9.17) is 4.74 Å². The van der Waals surface area contributed by atoms with Gasteiger partial charge in [-0.05, 0) is 31.2 Å². The standard InChI is InChI=1S/C17H16F2N2O5S/c1-11(17(23)21-16-13(18)8-5-9-14(16)19)26-15(22)10-20-27(24,25)12-6-3-2-4-7-12/h2-9,11,20H,10H2,1H3,(H,21,23)/t11-/m1/s1. The van der Waals surface area contributed by atoms with Gasteiger partial charge in [-0.2, -0.15) is 4.72 Å². The highest BCUT2D eigenvalue weighted by atomic mass is 32.2. The van der Waals surface area contributed by atoms with Gasteiger partial charge in [0.25, 0.3) is 5.91 Å². The smallest absolute Gasteiger partial charge is 0.321 e. The summed E-state index contributed by atoms with van der Waals surface area (Å²) in [6, 6.07) is 10.4. The Balaban J connectivity index is 1.90. The molecule has 0 spiro atoms. The van der Waals surface area contributed by atoms with Crippen LogP contribution in [0.3, 0.4) is 0 Å². The van der Waals surface area contributed by atoms with Crippen molar-refractivity contribution < 1.29 is 31.5 Å². The van der Waals surface area contributed by atoms with Crippen LogP contribution in [-0.2, 0) is 24.3 Å². The van der Waals surface area contributed by atoms with Crippen LogP contribution >= 0.6 is 0 Å². The van der Waals surface area contributed by atoms with Crippen LogP contribution < -0.4 is 10.0 Å². The highest BCUT2D eigenvalue weighted by Crippen LogP contribution is 2.18. The average molecular weight is 398 g/mol. The highest BCUT2D eigenvalue weighted by Gasteiger charge is 2.22. The quantitative estimate of drug-likeness (QED) is 0.693. The molecule has 0 unspecified atom stereocenters. The first-order valence-corrected chi connectivity index (χ1v) is 9.18. The summed E-state index contributed by atoms with van der Waals surface area (Å²) in [5.74, 6) is -3.99. The molecular formula is C17H16F2N2O5S. The number of hydrogen-bond donors (Lipinski definition) is 2. The van der Waals surface area contributed by atoms with E-state index in [1.165, 1.54) is 31.2 Å². The van der Waals surface area contributed by atoms with Gasteiger partial charge in [-0.25, -0.2) is 17.2 Å². The zero-order valence-corrected chi connectivity index (χ0v) is 14.9. The lowest BCUT2D eigenvalue weighted by molar-refractivity contribution is -0.151.